The average molecular weight is 2140 g/mol. The average Bonchev–Trinajstić information content (AvgIpc) is 1.49. The van der Waals surface area contributed by atoms with Crippen molar-refractivity contribution in [2.45, 2.75) is 560 Å². The van der Waals surface area contributed by atoms with Crippen molar-refractivity contribution in [2.24, 2.45) is 297 Å². The summed E-state index contributed by atoms with van der Waals surface area (Å²) in [6, 6.07) is 0. The van der Waals surface area contributed by atoms with E-state index in [9.17, 15) is 0 Å². The van der Waals surface area contributed by atoms with E-state index in [1.807, 2.05) is 0 Å². The van der Waals surface area contributed by atoms with E-state index >= 15 is 0 Å². The summed E-state index contributed by atoms with van der Waals surface area (Å²) in [5.74, 6) is 35.8. The summed E-state index contributed by atoms with van der Waals surface area (Å²) < 4.78 is 31.2. The third kappa shape index (κ3) is 22.8. The lowest BCUT2D eigenvalue weighted by Crippen LogP contribution is -2.58. The van der Waals surface area contributed by atoms with Gasteiger partial charge in [0.25, 0.3) is 0 Å². The Balaban J connectivity index is 0.000000132. The Morgan fingerprint density at radius 1 is 0.223 bits per heavy atom. The molecule has 20 saturated carbocycles. The van der Waals surface area contributed by atoms with Gasteiger partial charge in [0.05, 0.1) is 30.5 Å². The molecule has 0 aromatic heterocycles. The van der Waals surface area contributed by atoms with Gasteiger partial charge in [0.15, 0.2) is 0 Å². The molecule has 0 spiro atoms. The van der Waals surface area contributed by atoms with E-state index in [0.717, 1.165) is 237 Å². The Kier molecular flexibility index (Phi) is 40.9. The molecule has 148 heavy (non-hydrogen) atoms. The molecule has 0 aliphatic heterocycles. The van der Waals surface area contributed by atoms with Crippen LogP contribution < -0.4 is 0 Å². The number of allylic oxidation sites excluding steroid dienone is 2. The zero-order valence-corrected chi connectivity index (χ0v) is 109. The molecule has 20 unspecified atom stereocenters. The van der Waals surface area contributed by atoms with Crippen molar-refractivity contribution in [2.75, 3.05) is 0 Å². The van der Waals surface area contributed by atoms with Crippen LogP contribution in [0.15, 0.2) is 12.2 Å². The lowest BCUT2D eigenvalue weighted by atomic mass is 9.43. The van der Waals surface area contributed by atoms with Crippen molar-refractivity contribution in [1.29, 1.82) is 0 Å². The second-order valence-corrected chi connectivity index (χ2v) is 65.7. The smallest absolute Gasteiger partial charge is 0.0647 e. The van der Waals surface area contributed by atoms with E-state index in [1.165, 1.54) is 315 Å². The van der Waals surface area contributed by atoms with Crippen molar-refractivity contribution < 1.29 is 22.6 Å². The molecule has 58 atom stereocenters. The molecule has 0 aromatic carbocycles. The standard InChI is InChI=1S/2C30H55OP.C30H53OP.2C24H43OP/c3*1-8-22(19(2)3)10-9-21(5)24-11-12-25-28-26(14-16-30(24,25)7)29(6)15-13-20(4)17-23(29)18-27(28)31-32;2*1-6-16(3)18-7-8-19-22-20(10-12-24(18,19)5)23(4)11-9-15(2)13-17(23)14-21(22)25-26/h2*19-28H,8-18,32H2,1-7H3;9-10,19-28H,8,11-18,32H2,1-7H3;2*15-22H,6-14,26H2,1-5H3/b;;10-9+;;/t3*20-,21+,22+,23-,24+,25?,26?,27?,28-,29-,30+;2*15-,16+,17-,18+,19?,20?,21?,22-,23-,24+/m00000/s1. The van der Waals surface area contributed by atoms with E-state index in [-0.39, 0.29) is 0 Å². The fraction of sp³-hybridized carbons (Fsp3) is 0.986. The first-order valence-electron chi connectivity index (χ1n) is 66.6. The number of hydrogen-bond donors (Lipinski definition) is 0. The van der Waals surface area contributed by atoms with E-state index in [0.29, 0.717) is 90.6 Å². The number of hydrogen-bond acceptors (Lipinski definition) is 5. The van der Waals surface area contributed by atoms with Gasteiger partial charge in [-0.2, -0.15) is 0 Å². The predicted molar refractivity (Wildman–Crippen MR) is 652 cm³/mol. The molecule has 20 rings (SSSR count). The van der Waals surface area contributed by atoms with Crippen LogP contribution in [0.4, 0.5) is 0 Å². The van der Waals surface area contributed by atoms with E-state index in [1.54, 1.807) is 0 Å². The Hall–Kier alpha value is 1.69. The largest absolute Gasteiger partial charge is 0.362 e. The lowest BCUT2D eigenvalue weighted by molar-refractivity contribution is -0.159. The predicted octanol–water partition coefficient (Wildman–Crippen LogP) is 41.5. The lowest BCUT2D eigenvalue weighted by Gasteiger charge is -2.63. The quantitative estimate of drug-likeness (QED) is 0.0638. The van der Waals surface area contributed by atoms with Crippen molar-refractivity contribution in [3.05, 3.63) is 12.2 Å². The first kappa shape index (κ1) is 122. The zero-order valence-electron chi connectivity index (χ0n) is 103. The van der Waals surface area contributed by atoms with Gasteiger partial charge in [0.1, 0.15) is 0 Å². The molecule has 5 nitrogen and oxygen atoms in total. The summed E-state index contributed by atoms with van der Waals surface area (Å²) in [5.41, 5.74) is 5.64. The van der Waals surface area contributed by atoms with E-state index in [2.05, 4.69) is 274 Å². The van der Waals surface area contributed by atoms with Gasteiger partial charge in [0.2, 0.25) is 0 Å². The maximum absolute atomic E-state index is 6.28. The molecular weight excluding hydrogens is 1890 g/mol. The van der Waals surface area contributed by atoms with Crippen LogP contribution in [0.25, 0.3) is 0 Å². The Morgan fingerprint density at radius 3 is 0.635 bits per heavy atom. The second kappa shape index (κ2) is 49.6. The van der Waals surface area contributed by atoms with Gasteiger partial charge >= 0.3 is 0 Å². The van der Waals surface area contributed by atoms with Crippen molar-refractivity contribution in [1.82, 2.24) is 0 Å². The highest BCUT2D eigenvalue weighted by Gasteiger charge is 2.71. The molecule has 0 bridgehead atoms. The molecule has 0 amide bonds. The first-order chi connectivity index (χ1) is 70.1. The van der Waals surface area contributed by atoms with Crippen LogP contribution in [0.3, 0.4) is 0 Å². The molecule has 0 radical (unpaired) electrons. The fourth-order valence-electron chi connectivity index (χ4n) is 47.8. The highest BCUT2D eigenvalue weighted by molar-refractivity contribution is 7.10. The SMILES string of the molecule is CC[C@@H](C)[C@H]1CCC2[C@@H]3C(OP)C[C@@H]4C[C@@H](C)CC[C@]4(C)C3CC[C@@]21C.CC[C@@H](C)[C@H]1CCC2[C@@H]3C(OP)C[C@@H]4C[C@@H](C)CC[C@]4(C)C3CC[C@@]21C.CC[C@H](/C=C/[C@@H](C)[C@H]1CCC2[C@@H]3C(OP)C[C@@H]4C[C@@H](C)CC[C@]4(C)C3CC[C@@]21C)C(C)C.CC[C@H](CC[C@@H](C)[C@H]1CCC2[C@@H]3C(OP)C[C@@H]4C[C@@H](C)CC[C@]4(C)C3CC[C@@]21C)C(C)C.CC[C@H](CC[C@@H](C)[C@H]1CCC2[C@@H]3C(OP)C[C@@H]4C[C@@H](C)CC[C@]4(C)C3CC[C@@]21C)C(C)C. The third-order valence-corrected chi connectivity index (χ3v) is 59.2. The van der Waals surface area contributed by atoms with Crippen LogP contribution in [0.1, 0.15) is 529 Å². The molecule has 20 fully saturated rings. The summed E-state index contributed by atoms with van der Waals surface area (Å²) in [6.45, 7) is 78.6. The molecule has 10 heteroatoms. The highest BCUT2D eigenvalue weighted by Crippen LogP contribution is 2.77. The van der Waals surface area contributed by atoms with Crippen LogP contribution in [0.5, 0.6) is 0 Å². The van der Waals surface area contributed by atoms with Crippen LogP contribution in [-0.2, 0) is 22.6 Å². The van der Waals surface area contributed by atoms with Gasteiger partial charge < -0.3 is 22.6 Å². The van der Waals surface area contributed by atoms with Gasteiger partial charge in [-0.15, -0.1) is 0 Å². The van der Waals surface area contributed by atoms with Crippen LogP contribution in [0.2, 0.25) is 0 Å². The Morgan fingerprint density at radius 2 is 0.432 bits per heavy atom. The van der Waals surface area contributed by atoms with Crippen molar-refractivity contribution in [3.63, 3.8) is 0 Å². The summed E-state index contributed by atoms with van der Waals surface area (Å²) in [6.07, 6.45) is 77.8. The van der Waals surface area contributed by atoms with Gasteiger partial charge in [-0.05, 0) is 541 Å². The second-order valence-electron chi connectivity index (χ2n) is 64.3. The van der Waals surface area contributed by atoms with Gasteiger partial charge in [-0.3, -0.25) is 0 Å². The molecule has 0 N–H and O–H groups in total. The molecule has 856 valence electrons. The zero-order chi connectivity index (χ0) is 107. The molecule has 0 saturated heterocycles. The Labute approximate surface area is 932 Å². The third-order valence-electron chi connectivity index (χ3n) is 57.4. The minimum absolute atomic E-state index is 0.466. The topological polar surface area (TPSA) is 46.2 Å². The fourth-order valence-corrected chi connectivity index (χ4v) is 49.3. The van der Waals surface area contributed by atoms with Crippen LogP contribution >= 0.6 is 47.3 Å². The van der Waals surface area contributed by atoms with Crippen LogP contribution in [0, 0.1) is 297 Å². The van der Waals surface area contributed by atoms with Gasteiger partial charge in [0, 0.05) is 47.3 Å². The van der Waals surface area contributed by atoms with E-state index < -0.39 is 0 Å². The van der Waals surface area contributed by atoms with Gasteiger partial charge in [-0.1, -0.05) is 297 Å². The molecule has 20 aliphatic rings. The van der Waals surface area contributed by atoms with Crippen molar-refractivity contribution >= 4 is 47.3 Å². The molecule has 0 aromatic rings. The maximum Gasteiger partial charge on any atom is 0.0647 e. The minimum atomic E-state index is 0.466. The summed E-state index contributed by atoms with van der Waals surface area (Å²) >= 11 is 0. The van der Waals surface area contributed by atoms with Gasteiger partial charge in [-0.25, -0.2) is 0 Å². The summed E-state index contributed by atoms with van der Waals surface area (Å²) in [5, 5.41) is 0. The molecule has 20 aliphatic carbocycles. The number of fused-ring (bicyclic) bond motifs is 25. The highest BCUT2D eigenvalue weighted by atomic mass is 31.0. The summed E-state index contributed by atoms with van der Waals surface area (Å²) in [7, 11) is 13.5. The number of rotatable bonds is 26. The first-order valence-corrected chi connectivity index (χ1v) is 69.0. The molecule has 0 heterocycles. The van der Waals surface area contributed by atoms with Crippen LogP contribution in [-0.4, -0.2) is 30.5 Å². The Bertz CT molecular complexity index is 3970. The maximum atomic E-state index is 6.28. The molecular formula is C138H249O5P5. The van der Waals surface area contributed by atoms with Crippen molar-refractivity contribution in [3.8, 4) is 0 Å². The normalized spacial score (nSPS) is 50.5. The van der Waals surface area contributed by atoms with E-state index in [4.69, 9.17) is 22.6 Å². The summed E-state index contributed by atoms with van der Waals surface area (Å²) in [4.78, 5) is 0. The minimum Gasteiger partial charge on any atom is -0.362 e. The monoisotopic (exact) mass is 2140 g/mol.